The second-order valence-corrected chi connectivity index (χ2v) is 7.62. The minimum Gasteiger partial charge on any atom is -0.716 e. The van der Waals surface area contributed by atoms with Gasteiger partial charge in [-0.25, -0.2) is 8.42 Å². The molecule has 0 saturated heterocycles. The highest BCUT2D eigenvalue weighted by atomic mass is 32.3. The summed E-state index contributed by atoms with van der Waals surface area (Å²) >= 11 is 1.24. The lowest BCUT2D eigenvalue weighted by atomic mass is 10.0. The molecule has 9 nitrogen and oxygen atoms in total. The lowest BCUT2D eigenvalue weighted by Gasteiger charge is -2.14. The quantitative estimate of drug-likeness (QED) is 0.424. The van der Waals surface area contributed by atoms with Gasteiger partial charge in [-0.2, -0.15) is 4.37 Å². The second kappa shape index (κ2) is 7.43. The van der Waals surface area contributed by atoms with Gasteiger partial charge in [-0.3, -0.25) is 0 Å². The highest BCUT2D eigenvalue weighted by Gasteiger charge is 2.23. The third kappa shape index (κ3) is 3.79. The van der Waals surface area contributed by atoms with Gasteiger partial charge in [0.25, 0.3) is 10.4 Å². The Hall–Kier alpha value is -3.02. The van der Waals surface area contributed by atoms with E-state index in [0.29, 0.717) is 28.4 Å². The molecule has 0 atom stereocenters. The first-order valence-electron chi connectivity index (χ1n) is 8.16. The van der Waals surface area contributed by atoms with Crippen LogP contribution in [0.4, 0.5) is 0 Å². The van der Waals surface area contributed by atoms with Crippen molar-refractivity contribution in [2.24, 2.45) is 0 Å². The van der Waals surface area contributed by atoms with Gasteiger partial charge in [0.1, 0.15) is 0 Å². The minimum absolute atomic E-state index is 0.105. The lowest BCUT2D eigenvalue weighted by Crippen LogP contribution is -2.08. The molecule has 11 heteroatoms. The van der Waals surface area contributed by atoms with Crippen molar-refractivity contribution in [1.29, 1.82) is 0 Å². The molecule has 4 rings (SSSR count). The van der Waals surface area contributed by atoms with Crippen LogP contribution in [0.25, 0.3) is 21.6 Å². The average Bonchev–Trinajstić information content (AvgIpc) is 3.35. The number of methoxy groups -OCH3 is 2. The summed E-state index contributed by atoms with van der Waals surface area (Å²) in [5.74, 6) is 1.51. The molecule has 2 aromatic carbocycles. The van der Waals surface area contributed by atoms with Crippen molar-refractivity contribution in [2.45, 2.75) is 0 Å². The number of hydrogen-bond acceptors (Lipinski definition) is 10. The molecule has 0 fully saturated rings. The standard InChI is InChI=1S/C18H15NO8S2/c1-23-13-4-3-10(5-14(13)27-29(20,21)22)12-8-19-28-18(12)11-6-15(24-2)17-16(7-11)25-9-26-17/h3-8H,9H2,1-2H3,(H,20,21,22)/p-1. The fourth-order valence-electron chi connectivity index (χ4n) is 2.93. The van der Waals surface area contributed by atoms with Gasteiger partial charge in [-0.15, -0.1) is 0 Å². The Labute approximate surface area is 170 Å². The number of benzene rings is 2. The van der Waals surface area contributed by atoms with Gasteiger partial charge >= 0.3 is 0 Å². The van der Waals surface area contributed by atoms with Gasteiger partial charge in [-0.1, -0.05) is 6.07 Å². The second-order valence-electron chi connectivity index (χ2n) is 5.84. The van der Waals surface area contributed by atoms with Crippen LogP contribution in [0, 0.1) is 0 Å². The van der Waals surface area contributed by atoms with E-state index in [-0.39, 0.29) is 18.3 Å². The van der Waals surface area contributed by atoms with Crippen molar-refractivity contribution in [3.05, 3.63) is 36.5 Å². The summed E-state index contributed by atoms with van der Waals surface area (Å²) < 4.78 is 63.3. The van der Waals surface area contributed by atoms with E-state index in [2.05, 4.69) is 8.56 Å². The van der Waals surface area contributed by atoms with Crippen LogP contribution < -0.4 is 23.1 Å². The van der Waals surface area contributed by atoms with E-state index in [1.54, 1.807) is 18.3 Å². The van der Waals surface area contributed by atoms with E-state index in [0.717, 1.165) is 10.4 Å². The first kappa shape index (κ1) is 19.3. The van der Waals surface area contributed by atoms with Gasteiger partial charge in [0.2, 0.25) is 12.5 Å². The van der Waals surface area contributed by atoms with Crippen LogP contribution >= 0.6 is 11.5 Å². The van der Waals surface area contributed by atoms with E-state index in [4.69, 9.17) is 18.9 Å². The predicted molar refractivity (Wildman–Crippen MR) is 103 cm³/mol. The number of fused-ring (bicyclic) bond motifs is 1. The summed E-state index contributed by atoms with van der Waals surface area (Å²) in [7, 11) is -2.09. The molecule has 2 heterocycles. The van der Waals surface area contributed by atoms with E-state index in [9.17, 15) is 13.0 Å². The zero-order chi connectivity index (χ0) is 20.6. The fraction of sp³-hybridized carbons (Fsp3) is 0.167. The first-order chi connectivity index (χ1) is 13.9. The molecule has 1 aromatic heterocycles. The number of nitrogens with zero attached hydrogens (tertiary/aromatic N) is 1. The zero-order valence-electron chi connectivity index (χ0n) is 15.2. The predicted octanol–water partition coefficient (Wildman–Crippen LogP) is 3.06. The summed E-state index contributed by atoms with van der Waals surface area (Å²) in [5, 5.41) is 0. The number of rotatable bonds is 6. The largest absolute Gasteiger partial charge is 0.716 e. The molecule has 152 valence electrons. The summed E-state index contributed by atoms with van der Waals surface area (Å²) in [6.45, 7) is 0.105. The normalized spacial score (nSPS) is 12.7. The molecule has 1 aliphatic heterocycles. The SMILES string of the molecule is COc1ccc(-c2cnsc2-c2cc(OC)c3c(c2)OCO3)cc1OS(=O)(=O)[O-]. The molecule has 1 aliphatic rings. The van der Waals surface area contributed by atoms with Gasteiger partial charge in [0.15, 0.2) is 23.0 Å². The number of hydrogen-bond donors (Lipinski definition) is 0. The van der Waals surface area contributed by atoms with E-state index < -0.39 is 10.4 Å². The third-order valence-electron chi connectivity index (χ3n) is 4.16. The van der Waals surface area contributed by atoms with E-state index in [1.165, 1.54) is 37.9 Å². The number of ether oxygens (including phenoxy) is 4. The van der Waals surface area contributed by atoms with E-state index >= 15 is 0 Å². The summed E-state index contributed by atoms with van der Waals surface area (Å²) in [6.07, 6.45) is 1.63. The summed E-state index contributed by atoms with van der Waals surface area (Å²) in [5.41, 5.74) is 2.06. The van der Waals surface area contributed by atoms with Crippen molar-refractivity contribution < 1.29 is 36.1 Å². The smallest absolute Gasteiger partial charge is 0.262 e. The van der Waals surface area contributed by atoms with Crippen molar-refractivity contribution in [3.8, 4) is 50.3 Å². The molecule has 0 N–H and O–H groups in total. The van der Waals surface area contributed by atoms with Crippen LogP contribution in [0.1, 0.15) is 0 Å². The van der Waals surface area contributed by atoms with Crippen LogP contribution in [0.15, 0.2) is 36.5 Å². The monoisotopic (exact) mass is 436 g/mol. The Morgan fingerprint density at radius 3 is 2.52 bits per heavy atom. The maximum absolute atomic E-state index is 11.1. The Kier molecular flexibility index (Phi) is 4.94. The fourth-order valence-corrected chi connectivity index (χ4v) is 4.04. The summed E-state index contributed by atoms with van der Waals surface area (Å²) in [4.78, 5) is 0.780. The molecular formula is C18H14NO8S2-. The van der Waals surface area contributed by atoms with Gasteiger partial charge in [-0.05, 0) is 41.4 Å². The Balaban J connectivity index is 1.81. The van der Waals surface area contributed by atoms with Crippen molar-refractivity contribution in [1.82, 2.24) is 4.37 Å². The van der Waals surface area contributed by atoms with Crippen molar-refractivity contribution >= 4 is 21.9 Å². The Morgan fingerprint density at radius 1 is 1.03 bits per heavy atom. The van der Waals surface area contributed by atoms with Crippen molar-refractivity contribution in [2.75, 3.05) is 21.0 Å². The maximum Gasteiger partial charge on any atom is 0.262 e. The molecule has 29 heavy (non-hydrogen) atoms. The van der Waals surface area contributed by atoms with Crippen molar-refractivity contribution in [3.63, 3.8) is 0 Å². The van der Waals surface area contributed by atoms with Gasteiger partial charge in [0.05, 0.1) is 19.1 Å². The molecular weight excluding hydrogens is 422 g/mol. The van der Waals surface area contributed by atoms with Crippen LogP contribution in [-0.2, 0) is 10.4 Å². The summed E-state index contributed by atoms with van der Waals surface area (Å²) in [6, 6.07) is 8.24. The molecule has 3 aromatic rings. The highest BCUT2D eigenvalue weighted by Crippen LogP contribution is 2.47. The lowest BCUT2D eigenvalue weighted by molar-refractivity contribution is 0.171. The third-order valence-corrected chi connectivity index (χ3v) is 5.39. The molecule has 0 aliphatic carbocycles. The Bertz CT molecular complexity index is 1170. The minimum atomic E-state index is -4.96. The van der Waals surface area contributed by atoms with Gasteiger partial charge in [0, 0.05) is 17.3 Å². The molecule has 0 radical (unpaired) electrons. The Morgan fingerprint density at radius 2 is 1.79 bits per heavy atom. The number of aromatic nitrogens is 1. The van der Waals surface area contributed by atoms with E-state index in [1.807, 2.05) is 6.07 Å². The molecule has 0 spiro atoms. The average molecular weight is 436 g/mol. The topological polar surface area (TPSA) is 116 Å². The van der Waals surface area contributed by atoms with Crippen LogP contribution in [-0.4, -0.2) is 38.4 Å². The van der Waals surface area contributed by atoms with Gasteiger partial charge < -0.3 is 27.7 Å². The van der Waals surface area contributed by atoms with Crippen LogP contribution in [0.2, 0.25) is 0 Å². The van der Waals surface area contributed by atoms with Crippen LogP contribution in [0.3, 0.4) is 0 Å². The maximum atomic E-state index is 11.1. The molecule has 0 bridgehead atoms. The first-order valence-corrected chi connectivity index (χ1v) is 10.3. The molecule has 0 amide bonds. The molecule has 0 unspecified atom stereocenters. The molecule has 0 saturated carbocycles. The van der Waals surface area contributed by atoms with Crippen LogP contribution in [0.5, 0.6) is 28.7 Å². The zero-order valence-corrected chi connectivity index (χ0v) is 16.8. The highest BCUT2D eigenvalue weighted by molar-refractivity contribution is 7.81.